The molecule has 0 spiro atoms. The van der Waals surface area contributed by atoms with E-state index in [-0.39, 0.29) is 17.2 Å². The molecule has 25 heavy (non-hydrogen) atoms. The molecule has 0 unspecified atom stereocenters. The van der Waals surface area contributed by atoms with Gasteiger partial charge in [0.25, 0.3) is 5.91 Å². The largest absolute Gasteiger partial charge is 0.435 e. The molecule has 0 fully saturated rings. The molecule has 0 bridgehead atoms. The van der Waals surface area contributed by atoms with Gasteiger partial charge in [-0.1, -0.05) is 24.3 Å². The summed E-state index contributed by atoms with van der Waals surface area (Å²) in [4.78, 5) is 12.3. The number of fused-ring (bicyclic) bond motifs is 1. The molecule has 1 heterocycles. The summed E-state index contributed by atoms with van der Waals surface area (Å²) in [6.07, 6.45) is 0.901. The molecule has 6 heteroatoms. The molecular formula is C19H19F2NO3. The summed E-state index contributed by atoms with van der Waals surface area (Å²) < 4.78 is 34.7. The molecule has 2 aromatic carbocycles. The average molecular weight is 347 g/mol. The summed E-state index contributed by atoms with van der Waals surface area (Å²) in [5, 5.41) is 2.80. The van der Waals surface area contributed by atoms with Crippen LogP contribution in [0, 0.1) is 6.92 Å². The Balaban J connectivity index is 1.66. The third kappa shape index (κ3) is 4.33. The zero-order chi connectivity index (χ0) is 17.8. The van der Waals surface area contributed by atoms with Gasteiger partial charge in [0.05, 0.1) is 13.2 Å². The van der Waals surface area contributed by atoms with Gasteiger partial charge in [0.1, 0.15) is 5.75 Å². The lowest BCUT2D eigenvalue weighted by molar-refractivity contribution is -0.0503. The van der Waals surface area contributed by atoms with Gasteiger partial charge in [-0.3, -0.25) is 4.79 Å². The van der Waals surface area contributed by atoms with Crippen molar-refractivity contribution in [1.29, 1.82) is 0 Å². The Labute approximate surface area is 144 Å². The third-order valence-corrected chi connectivity index (χ3v) is 4.16. The van der Waals surface area contributed by atoms with Gasteiger partial charge in [-0.2, -0.15) is 8.78 Å². The van der Waals surface area contributed by atoms with Gasteiger partial charge in [-0.25, -0.2) is 0 Å². The van der Waals surface area contributed by atoms with Crippen LogP contribution in [0.15, 0.2) is 36.4 Å². The minimum Gasteiger partial charge on any atom is -0.435 e. The van der Waals surface area contributed by atoms with Crippen molar-refractivity contribution in [2.45, 2.75) is 33.1 Å². The van der Waals surface area contributed by atoms with Gasteiger partial charge in [0, 0.05) is 12.1 Å². The second kappa shape index (κ2) is 7.61. The maximum atomic E-state index is 12.4. The van der Waals surface area contributed by atoms with E-state index in [1.165, 1.54) is 11.6 Å². The molecule has 2 aromatic rings. The first-order valence-corrected chi connectivity index (χ1v) is 8.05. The molecular weight excluding hydrogens is 328 g/mol. The normalized spacial score (nSPS) is 13.4. The number of aryl methyl sites for hydroxylation is 1. The number of ether oxygens (including phenoxy) is 2. The summed E-state index contributed by atoms with van der Waals surface area (Å²) >= 11 is 0. The van der Waals surface area contributed by atoms with Gasteiger partial charge in [-0.15, -0.1) is 0 Å². The molecule has 0 saturated carbocycles. The molecule has 132 valence electrons. The molecule has 0 aliphatic carbocycles. The Morgan fingerprint density at radius 3 is 2.88 bits per heavy atom. The van der Waals surface area contributed by atoms with E-state index in [9.17, 15) is 13.6 Å². The lowest BCUT2D eigenvalue weighted by Gasteiger charge is -2.17. The molecule has 0 atom stereocenters. The van der Waals surface area contributed by atoms with Crippen molar-refractivity contribution in [3.05, 3.63) is 64.2 Å². The maximum absolute atomic E-state index is 12.4. The number of carbonyl (C=O) groups excluding carboxylic acids is 1. The maximum Gasteiger partial charge on any atom is 0.387 e. The van der Waals surface area contributed by atoms with E-state index in [2.05, 4.69) is 16.1 Å². The molecule has 1 amide bonds. The van der Waals surface area contributed by atoms with Crippen molar-refractivity contribution < 1.29 is 23.0 Å². The fraction of sp³-hybridized carbons (Fsp3) is 0.316. The second-order valence-corrected chi connectivity index (χ2v) is 5.95. The minimum absolute atomic E-state index is 0.00794. The Morgan fingerprint density at radius 2 is 2.08 bits per heavy atom. The number of carbonyl (C=O) groups is 1. The van der Waals surface area contributed by atoms with E-state index in [4.69, 9.17) is 4.74 Å². The first-order valence-electron chi connectivity index (χ1n) is 8.05. The predicted octanol–water partition coefficient (Wildman–Crippen LogP) is 3.60. The molecule has 3 rings (SSSR count). The van der Waals surface area contributed by atoms with Crippen molar-refractivity contribution >= 4 is 5.91 Å². The van der Waals surface area contributed by atoms with Gasteiger partial charge in [-0.05, 0) is 47.7 Å². The number of rotatable bonds is 5. The van der Waals surface area contributed by atoms with Crippen molar-refractivity contribution in [2.75, 3.05) is 6.61 Å². The smallest absolute Gasteiger partial charge is 0.387 e. The van der Waals surface area contributed by atoms with E-state index in [1.807, 2.05) is 12.1 Å². The summed E-state index contributed by atoms with van der Waals surface area (Å²) in [7, 11) is 0. The highest BCUT2D eigenvalue weighted by Crippen LogP contribution is 2.22. The van der Waals surface area contributed by atoms with Crippen molar-refractivity contribution in [2.24, 2.45) is 0 Å². The van der Waals surface area contributed by atoms with Gasteiger partial charge >= 0.3 is 6.61 Å². The molecule has 1 aliphatic rings. The molecule has 0 radical (unpaired) electrons. The van der Waals surface area contributed by atoms with Crippen LogP contribution in [0.5, 0.6) is 5.75 Å². The standard InChI is InChI=1S/C19H19F2NO3/c1-12-2-4-15(9-17(12)25-19(20)21)18(23)22-10-13-3-5-14-6-7-24-11-16(14)8-13/h2-5,8-9,19H,6-7,10-11H2,1H3,(H,22,23). The first-order chi connectivity index (χ1) is 12.0. The Hall–Kier alpha value is -2.47. The van der Waals surface area contributed by atoms with Crippen LogP contribution in [-0.2, 0) is 24.3 Å². The summed E-state index contributed by atoms with van der Waals surface area (Å²) in [5.74, 6) is -0.332. The zero-order valence-electron chi connectivity index (χ0n) is 13.9. The van der Waals surface area contributed by atoms with Crippen molar-refractivity contribution in [3.63, 3.8) is 0 Å². The van der Waals surface area contributed by atoms with Crippen LogP contribution < -0.4 is 10.1 Å². The molecule has 1 N–H and O–H groups in total. The van der Waals surface area contributed by atoms with Gasteiger partial charge in [0.15, 0.2) is 0 Å². The van der Waals surface area contributed by atoms with Crippen LogP contribution in [0.25, 0.3) is 0 Å². The number of amides is 1. The Bertz CT molecular complexity index is 777. The summed E-state index contributed by atoms with van der Waals surface area (Å²) in [6.45, 7) is 0.400. The van der Waals surface area contributed by atoms with E-state index in [0.717, 1.165) is 24.2 Å². The minimum atomic E-state index is -2.92. The van der Waals surface area contributed by atoms with Crippen LogP contribution in [0.4, 0.5) is 8.78 Å². The molecule has 0 saturated heterocycles. The Kier molecular flexibility index (Phi) is 5.28. The van der Waals surface area contributed by atoms with Crippen LogP contribution >= 0.6 is 0 Å². The van der Waals surface area contributed by atoms with Crippen LogP contribution in [0.2, 0.25) is 0 Å². The van der Waals surface area contributed by atoms with Gasteiger partial charge < -0.3 is 14.8 Å². The van der Waals surface area contributed by atoms with Crippen LogP contribution in [0.3, 0.4) is 0 Å². The average Bonchev–Trinajstić information content (AvgIpc) is 2.61. The highest BCUT2D eigenvalue weighted by molar-refractivity contribution is 5.94. The fourth-order valence-corrected chi connectivity index (χ4v) is 2.78. The zero-order valence-corrected chi connectivity index (χ0v) is 13.9. The predicted molar refractivity (Wildman–Crippen MR) is 88.8 cm³/mol. The lowest BCUT2D eigenvalue weighted by Crippen LogP contribution is -2.23. The second-order valence-electron chi connectivity index (χ2n) is 5.95. The van der Waals surface area contributed by atoms with Crippen LogP contribution in [0.1, 0.15) is 32.6 Å². The summed E-state index contributed by atoms with van der Waals surface area (Å²) in [5.41, 5.74) is 4.21. The number of nitrogens with one attached hydrogen (secondary N) is 1. The molecule has 4 nitrogen and oxygen atoms in total. The molecule has 1 aliphatic heterocycles. The highest BCUT2D eigenvalue weighted by atomic mass is 19.3. The Morgan fingerprint density at radius 1 is 1.24 bits per heavy atom. The number of benzene rings is 2. The monoisotopic (exact) mass is 347 g/mol. The van der Waals surface area contributed by atoms with Crippen molar-refractivity contribution in [3.8, 4) is 5.75 Å². The number of halogens is 2. The molecule has 0 aromatic heterocycles. The fourth-order valence-electron chi connectivity index (χ4n) is 2.78. The third-order valence-electron chi connectivity index (χ3n) is 4.16. The number of hydrogen-bond donors (Lipinski definition) is 1. The van der Waals surface area contributed by atoms with Gasteiger partial charge in [0.2, 0.25) is 0 Å². The highest BCUT2D eigenvalue weighted by Gasteiger charge is 2.13. The quantitative estimate of drug-likeness (QED) is 0.899. The SMILES string of the molecule is Cc1ccc(C(=O)NCc2ccc3c(c2)COCC3)cc1OC(F)F. The van der Waals surface area contributed by atoms with Crippen molar-refractivity contribution in [1.82, 2.24) is 5.32 Å². The number of alkyl halides is 2. The van der Waals surface area contributed by atoms with E-state index >= 15 is 0 Å². The first kappa shape index (κ1) is 17.4. The van der Waals surface area contributed by atoms with E-state index in [1.54, 1.807) is 19.1 Å². The van der Waals surface area contributed by atoms with E-state index < -0.39 is 6.61 Å². The summed E-state index contributed by atoms with van der Waals surface area (Å²) in [6, 6.07) is 10.6. The van der Waals surface area contributed by atoms with Crippen LogP contribution in [-0.4, -0.2) is 19.1 Å². The lowest BCUT2D eigenvalue weighted by atomic mass is 10.0. The van der Waals surface area contributed by atoms with E-state index in [0.29, 0.717) is 18.7 Å². The topological polar surface area (TPSA) is 47.6 Å². The number of hydrogen-bond acceptors (Lipinski definition) is 3.